The van der Waals surface area contributed by atoms with E-state index in [0.717, 1.165) is 6.08 Å². The molecule has 12 heteroatoms. The number of allylic oxidation sites excluding steroid dienone is 2. The normalized spacial score (nSPS) is 14.3. The lowest BCUT2D eigenvalue weighted by Gasteiger charge is -2.37. The molecule has 0 unspecified atom stereocenters. The predicted octanol–water partition coefficient (Wildman–Crippen LogP) is 8.27. The Morgan fingerprint density at radius 2 is 1.08 bits per heavy atom. The van der Waals surface area contributed by atoms with Gasteiger partial charge in [0.1, 0.15) is 0 Å². The molecule has 0 aliphatic heterocycles. The van der Waals surface area contributed by atoms with Gasteiger partial charge < -0.3 is 19.9 Å². The van der Waals surface area contributed by atoms with Crippen molar-refractivity contribution in [1.82, 2.24) is 5.32 Å². The third-order valence-electron chi connectivity index (χ3n) is 8.54. The van der Waals surface area contributed by atoms with E-state index in [1.807, 2.05) is 57.4 Å². The van der Waals surface area contributed by atoms with Crippen LogP contribution in [-0.4, -0.2) is 65.6 Å². The smallest absolute Gasteiger partial charge is 0.415 e. The third-order valence-corrected chi connectivity index (χ3v) is 17.5. The van der Waals surface area contributed by atoms with Crippen LogP contribution in [0.3, 0.4) is 0 Å². The number of nitrogens with one attached hydrogen (secondary N) is 1. The SMILES string of the molecule is CC(C)(C)[Si](C)(C)OC[C@@H](/C=C/C(=O)c1ccccc1)NC(=O)C(F)(F)F.CC(C)(C)[Si](C)(C)OC[C@H](N)/C=C/C(=O)c1ccccc1. The minimum Gasteiger partial charge on any atom is -0.415 e. The average molecular weight is 707 g/mol. The molecular formula is C36H53F3N2O5Si2. The number of ketones is 2. The standard InChI is InChI=1S/C19H26F3NO3Si.C17H27NO2Si/c1-18(2,3)27(4,5)26-13-15(23-17(25)19(20,21)22)11-12-16(24)14-9-7-6-8-10-14;1-17(2,3)21(4,5)20-13-15(18)11-12-16(19)14-9-7-6-8-10-14/h6-12,15H,13H2,1-5H3,(H,23,25);6-12,15H,13,18H2,1-5H3/b2*12-11+/t2*15-/m11/s1. The number of benzene rings is 2. The molecule has 2 rings (SSSR count). The van der Waals surface area contributed by atoms with Gasteiger partial charge in [-0.15, -0.1) is 0 Å². The van der Waals surface area contributed by atoms with Crippen LogP contribution >= 0.6 is 0 Å². The van der Waals surface area contributed by atoms with Crippen LogP contribution in [0.15, 0.2) is 85.0 Å². The summed E-state index contributed by atoms with van der Waals surface area (Å²) >= 11 is 0. The second-order valence-electron chi connectivity index (χ2n) is 14.6. The maximum absolute atomic E-state index is 12.6. The molecule has 0 spiro atoms. The van der Waals surface area contributed by atoms with Gasteiger partial charge in [-0.05, 0) is 48.4 Å². The van der Waals surface area contributed by atoms with Crippen molar-refractivity contribution in [3.05, 3.63) is 96.1 Å². The van der Waals surface area contributed by atoms with Gasteiger partial charge in [-0.25, -0.2) is 0 Å². The van der Waals surface area contributed by atoms with Crippen molar-refractivity contribution >= 4 is 34.1 Å². The lowest BCUT2D eigenvalue weighted by molar-refractivity contribution is -0.174. The summed E-state index contributed by atoms with van der Waals surface area (Å²) in [5, 5.41) is 1.90. The van der Waals surface area contributed by atoms with Crippen molar-refractivity contribution < 1.29 is 36.4 Å². The van der Waals surface area contributed by atoms with E-state index in [1.165, 1.54) is 12.2 Å². The predicted molar refractivity (Wildman–Crippen MR) is 192 cm³/mol. The Bertz CT molecular complexity index is 1380. The molecule has 0 heterocycles. The number of carbonyl (C=O) groups is 3. The highest BCUT2D eigenvalue weighted by Crippen LogP contribution is 2.37. The van der Waals surface area contributed by atoms with Crippen molar-refractivity contribution in [2.24, 2.45) is 5.73 Å². The first kappa shape index (κ1) is 42.9. The zero-order chi connectivity index (χ0) is 37.0. The minimum absolute atomic E-state index is 0.0293. The fraction of sp³-hybridized carbons (Fsp3) is 0.472. The lowest BCUT2D eigenvalue weighted by atomic mass is 10.1. The van der Waals surface area contributed by atoms with Crippen LogP contribution in [0.2, 0.25) is 36.3 Å². The molecule has 2 atom stereocenters. The molecular weight excluding hydrogens is 654 g/mol. The zero-order valence-electron chi connectivity index (χ0n) is 29.9. The number of hydrogen-bond acceptors (Lipinski definition) is 6. The van der Waals surface area contributed by atoms with Crippen LogP contribution in [0.4, 0.5) is 13.2 Å². The molecule has 7 nitrogen and oxygen atoms in total. The van der Waals surface area contributed by atoms with E-state index < -0.39 is 34.8 Å². The number of hydrogen-bond donors (Lipinski definition) is 2. The van der Waals surface area contributed by atoms with Crippen LogP contribution in [0, 0.1) is 0 Å². The first-order valence-electron chi connectivity index (χ1n) is 15.8. The molecule has 48 heavy (non-hydrogen) atoms. The van der Waals surface area contributed by atoms with E-state index in [1.54, 1.807) is 48.5 Å². The Balaban J connectivity index is 0.000000495. The van der Waals surface area contributed by atoms with Crippen molar-refractivity contribution in [2.75, 3.05) is 13.2 Å². The van der Waals surface area contributed by atoms with Crippen molar-refractivity contribution in [1.29, 1.82) is 0 Å². The summed E-state index contributed by atoms with van der Waals surface area (Å²) in [4.78, 5) is 35.4. The molecule has 3 N–H and O–H groups in total. The molecule has 0 saturated carbocycles. The summed E-state index contributed by atoms with van der Waals surface area (Å²) in [6.45, 7) is 21.2. The third kappa shape index (κ3) is 14.9. The topological polar surface area (TPSA) is 108 Å². The van der Waals surface area contributed by atoms with Gasteiger partial charge in [0, 0.05) is 17.2 Å². The quantitative estimate of drug-likeness (QED) is 0.123. The molecule has 0 saturated heterocycles. The highest BCUT2D eigenvalue weighted by Gasteiger charge is 2.41. The highest BCUT2D eigenvalue weighted by molar-refractivity contribution is 6.74. The van der Waals surface area contributed by atoms with Crippen LogP contribution in [0.1, 0.15) is 62.3 Å². The summed E-state index contributed by atoms with van der Waals surface area (Å²) < 4.78 is 49.8. The molecule has 0 aliphatic rings. The van der Waals surface area contributed by atoms with E-state index >= 15 is 0 Å². The molecule has 2 aromatic rings. The van der Waals surface area contributed by atoms with Crippen molar-refractivity contribution in [3.8, 4) is 0 Å². The Kier molecular flexibility index (Phi) is 16.1. The Morgan fingerprint density at radius 1 is 0.708 bits per heavy atom. The van der Waals surface area contributed by atoms with Gasteiger partial charge in [0.05, 0.1) is 19.3 Å². The highest BCUT2D eigenvalue weighted by atomic mass is 28.4. The number of halogens is 3. The molecule has 2 aromatic carbocycles. The van der Waals surface area contributed by atoms with Crippen LogP contribution < -0.4 is 11.1 Å². The van der Waals surface area contributed by atoms with Gasteiger partial charge in [0.2, 0.25) is 0 Å². The van der Waals surface area contributed by atoms with Gasteiger partial charge in [-0.2, -0.15) is 13.2 Å². The Morgan fingerprint density at radius 3 is 1.46 bits per heavy atom. The molecule has 0 aliphatic carbocycles. The van der Waals surface area contributed by atoms with E-state index in [2.05, 4.69) is 33.9 Å². The van der Waals surface area contributed by atoms with Gasteiger partial charge in [-0.3, -0.25) is 14.4 Å². The average Bonchev–Trinajstić information content (AvgIpc) is 2.99. The summed E-state index contributed by atoms with van der Waals surface area (Å²) in [6, 6.07) is 16.2. The first-order valence-corrected chi connectivity index (χ1v) is 21.7. The van der Waals surface area contributed by atoms with Crippen LogP contribution in [0.25, 0.3) is 0 Å². The van der Waals surface area contributed by atoms with Gasteiger partial charge in [0.15, 0.2) is 28.2 Å². The van der Waals surface area contributed by atoms with E-state index in [4.69, 9.17) is 14.6 Å². The molecule has 0 fully saturated rings. The summed E-state index contributed by atoms with van der Waals surface area (Å²) in [5.74, 6) is -2.46. The summed E-state index contributed by atoms with van der Waals surface area (Å²) in [5.41, 5.74) is 7.08. The fourth-order valence-corrected chi connectivity index (χ4v) is 5.37. The maximum atomic E-state index is 12.6. The molecule has 1 amide bonds. The molecule has 266 valence electrons. The monoisotopic (exact) mass is 706 g/mol. The molecule has 0 aromatic heterocycles. The zero-order valence-corrected chi connectivity index (χ0v) is 31.9. The lowest BCUT2D eigenvalue weighted by Crippen LogP contribution is -2.48. The van der Waals surface area contributed by atoms with Gasteiger partial charge >= 0.3 is 12.1 Å². The van der Waals surface area contributed by atoms with Crippen molar-refractivity contribution in [3.63, 3.8) is 0 Å². The summed E-state index contributed by atoms with van der Waals surface area (Å²) in [6.07, 6.45) is 0.655. The van der Waals surface area contributed by atoms with E-state index in [9.17, 15) is 27.6 Å². The number of nitrogens with two attached hydrogens (primary N) is 1. The largest absolute Gasteiger partial charge is 0.471 e. The minimum atomic E-state index is -5.01. The number of carbonyl (C=O) groups excluding carboxylic acids is 3. The van der Waals surface area contributed by atoms with E-state index in [0.29, 0.717) is 17.7 Å². The Hall–Kier alpha value is -3.17. The molecule has 0 radical (unpaired) electrons. The summed E-state index contributed by atoms with van der Waals surface area (Å²) in [7, 11) is -4.02. The Labute approximate surface area is 286 Å². The second-order valence-corrected chi connectivity index (χ2v) is 24.2. The second kappa shape index (κ2) is 18.0. The van der Waals surface area contributed by atoms with E-state index in [-0.39, 0.29) is 34.3 Å². The maximum Gasteiger partial charge on any atom is 0.471 e. The number of amides is 1. The van der Waals surface area contributed by atoms with Gasteiger partial charge in [0.25, 0.3) is 0 Å². The van der Waals surface area contributed by atoms with Crippen molar-refractivity contribution in [2.45, 2.75) is 96.1 Å². The fourth-order valence-electron chi connectivity index (χ4n) is 3.30. The van der Waals surface area contributed by atoms with Crippen LogP contribution in [0.5, 0.6) is 0 Å². The van der Waals surface area contributed by atoms with Crippen LogP contribution in [-0.2, 0) is 13.6 Å². The molecule has 0 bridgehead atoms. The number of rotatable bonds is 13. The number of alkyl halides is 3. The van der Waals surface area contributed by atoms with Gasteiger partial charge in [-0.1, -0.05) is 114 Å². The first-order chi connectivity index (χ1) is 21.9.